The largest absolute Gasteiger partial charge is 0.451 e. The first-order valence-corrected chi connectivity index (χ1v) is 4.33. The third kappa shape index (κ3) is 3.11. The van der Waals surface area contributed by atoms with E-state index in [1.54, 1.807) is 12.2 Å². The van der Waals surface area contributed by atoms with Crippen LogP contribution in [0.25, 0.3) is 0 Å². The summed E-state index contributed by atoms with van der Waals surface area (Å²) in [4.78, 5) is 23.3. The lowest BCUT2D eigenvalue weighted by atomic mass is 10.5. The number of rotatable bonds is 2. The molecule has 0 saturated carbocycles. The second-order valence-corrected chi connectivity index (χ2v) is 2.92. The molecular formula is C9H8F3NO3. The molecule has 0 spiro atoms. The van der Waals surface area contributed by atoms with Crippen molar-refractivity contribution in [1.82, 2.24) is 4.90 Å². The lowest BCUT2D eigenvalue weighted by molar-refractivity contribution is -0.159. The van der Waals surface area contributed by atoms with Crippen LogP contribution in [-0.2, 0) is 14.3 Å². The Bertz CT molecular complexity index is 353. The normalized spacial score (nSPS) is 13.8. The molecule has 4 nitrogen and oxygen atoms in total. The van der Waals surface area contributed by atoms with Crippen molar-refractivity contribution in [3.8, 4) is 0 Å². The molecule has 1 aliphatic rings. The third-order valence-corrected chi connectivity index (χ3v) is 1.82. The first-order valence-electron chi connectivity index (χ1n) is 4.33. The molecule has 16 heavy (non-hydrogen) atoms. The number of ether oxygens (including phenoxy) is 1. The van der Waals surface area contributed by atoms with Gasteiger partial charge in [-0.1, -0.05) is 12.2 Å². The maximum Gasteiger partial charge on any atom is 0.397 e. The summed E-state index contributed by atoms with van der Waals surface area (Å²) < 4.78 is 39.5. The number of esters is 1. The van der Waals surface area contributed by atoms with Crippen LogP contribution in [0.4, 0.5) is 13.2 Å². The van der Waals surface area contributed by atoms with E-state index in [-0.39, 0.29) is 13.1 Å². The van der Waals surface area contributed by atoms with E-state index in [1.807, 2.05) is 0 Å². The number of halogens is 3. The summed E-state index contributed by atoms with van der Waals surface area (Å²) in [5, 5.41) is 0. The smallest absolute Gasteiger partial charge is 0.397 e. The quantitative estimate of drug-likeness (QED) is 0.407. The number of hydrogen-bond donors (Lipinski definition) is 0. The third-order valence-electron chi connectivity index (χ3n) is 1.82. The highest BCUT2D eigenvalue weighted by molar-refractivity contribution is 6.32. The van der Waals surface area contributed by atoms with Crippen LogP contribution in [0.1, 0.15) is 0 Å². The highest BCUT2D eigenvalue weighted by Gasteiger charge is 2.24. The van der Waals surface area contributed by atoms with Gasteiger partial charge in [-0.05, 0) is 0 Å². The summed E-state index contributed by atoms with van der Waals surface area (Å²) in [7, 11) is 0. The molecule has 0 saturated heterocycles. The fraction of sp³-hybridized carbons (Fsp3) is 0.333. The molecule has 1 aliphatic heterocycles. The molecule has 88 valence electrons. The van der Waals surface area contributed by atoms with Gasteiger partial charge < -0.3 is 9.64 Å². The molecule has 0 atom stereocenters. The monoisotopic (exact) mass is 235 g/mol. The zero-order valence-corrected chi connectivity index (χ0v) is 8.08. The molecular weight excluding hydrogens is 227 g/mol. The molecule has 7 heteroatoms. The van der Waals surface area contributed by atoms with E-state index in [4.69, 9.17) is 0 Å². The van der Waals surface area contributed by atoms with Crippen LogP contribution >= 0.6 is 0 Å². The lowest BCUT2D eigenvalue weighted by Crippen LogP contribution is -2.35. The van der Waals surface area contributed by atoms with Crippen molar-refractivity contribution in [2.75, 3.05) is 19.7 Å². The second-order valence-electron chi connectivity index (χ2n) is 2.92. The van der Waals surface area contributed by atoms with Crippen molar-refractivity contribution in [3.05, 3.63) is 24.1 Å². The minimum atomic E-state index is -2.57. The van der Waals surface area contributed by atoms with Crippen LogP contribution in [-0.4, -0.2) is 36.5 Å². The number of amides is 1. The van der Waals surface area contributed by atoms with Crippen LogP contribution in [0.3, 0.4) is 0 Å². The molecule has 0 N–H and O–H groups in total. The van der Waals surface area contributed by atoms with Crippen molar-refractivity contribution < 1.29 is 27.5 Å². The average molecular weight is 235 g/mol. The average Bonchev–Trinajstić information content (AvgIpc) is 2.77. The molecule has 0 radical (unpaired) electrons. The van der Waals surface area contributed by atoms with Gasteiger partial charge in [0.15, 0.2) is 0 Å². The van der Waals surface area contributed by atoms with Gasteiger partial charge in [-0.15, -0.1) is 0 Å². The van der Waals surface area contributed by atoms with Crippen LogP contribution in [0, 0.1) is 0 Å². The molecule has 1 rings (SSSR count). The highest BCUT2D eigenvalue weighted by atomic mass is 19.3. The van der Waals surface area contributed by atoms with Crippen molar-refractivity contribution >= 4 is 11.9 Å². The molecule has 1 heterocycles. The summed E-state index contributed by atoms with van der Waals surface area (Å²) in [6.45, 7) is -0.721. The van der Waals surface area contributed by atoms with Gasteiger partial charge in [0.25, 0.3) is 0 Å². The maximum absolute atomic E-state index is 12.2. The zero-order valence-electron chi connectivity index (χ0n) is 8.08. The SMILES string of the molecule is O=C(OCC(F)=C(F)F)C(=O)N1CC=CC1. The van der Waals surface area contributed by atoms with Gasteiger partial charge in [0.1, 0.15) is 6.61 Å². The minimum absolute atomic E-state index is 0.254. The molecule has 1 amide bonds. The Hall–Kier alpha value is -1.79. The van der Waals surface area contributed by atoms with Crippen molar-refractivity contribution in [1.29, 1.82) is 0 Å². The Morgan fingerprint density at radius 2 is 1.75 bits per heavy atom. The summed E-state index contributed by atoms with van der Waals surface area (Å²) in [5.41, 5.74) is 0. The highest BCUT2D eigenvalue weighted by Crippen LogP contribution is 2.09. The number of carbonyl (C=O) groups excluding carboxylic acids is 2. The van der Waals surface area contributed by atoms with Gasteiger partial charge in [0, 0.05) is 13.1 Å². The van der Waals surface area contributed by atoms with Crippen LogP contribution in [0.5, 0.6) is 0 Å². The number of carbonyl (C=O) groups is 2. The van der Waals surface area contributed by atoms with Gasteiger partial charge in [0.2, 0.25) is 5.83 Å². The number of nitrogens with zero attached hydrogens (tertiary/aromatic N) is 1. The topological polar surface area (TPSA) is 46.6 Å². The Kier molecular flexibility index (Phi) is 4.10. The summed E-state index contributed by atoms with van der Waals surface area (Å²) in [5.74, 6) is -4.18. The Morgan fingerprint density at radius 3 is 2.25 bits per heavy atom. The van der Waals surface area contributed by atoms with Crippen LogP contribution in [0.15, 0.2) is 24.1 Å². The fourth-order valence-electron chi connectivity index (χ4n) is 1.02. The predicted octanol–water partition coefficient (Wildman–Crippen LogP) is 1.01. The molecule has 0 bridgehead atoms. The van der Waals surface area contributed by atoms with Gasteiger partial charge in [-0.2, -0.15) is 8.78 Å². The fourth-order valence-corrected chi connectivity index (χ4v) is 1.02. The maximum atomic E-state index is 12.2. The second kappa shape index (κ2) is 5.34. The van der Waals surface area contributed by atoms with Crippen molar-refractivity contribution in [2.24, 2.45) is 0 Å². The molecule has 0 aromatic carbocycles. The predicted molar refractivity (Wildman–Crippen MR) is 47.0 cm³/mol. The Morgan fingerprint density at radius 1 is 1.19 bits per heavy atom. The lowest BCUT2D eigenvalue weighted by Gasteiger charge is -2.13. The Labute approximate surface area is 89.0 Å². The van der Waals surface area contributed by atoms with E-state index in [9.17, 15) is 22.8 Å². The minimum Gasteiger partial charge on any atom is -0.451 e. The summed E-state index contributed by atoms with van der Waals surface area (Å²) in [6, 6.07) is 0. The Balaban J connectivity index is 2.41. The van der Waals surface area contributed by atoms with Gasteiger partial charge in [0.05, 0.1) is 0 Å². The zero-order chi connectivity index (χ0) is 12.1. The van der Waals surface area contributed by atoms with E-state index in [0.29, 0.717) is 0 Å². The molecule has 0 aromatic heterocycles. The van der Waals surface area contributed by atoms with Gasteiger partial charge in [-0.3, -0.25) is 4.79 Å². The van der Waals surface area contributed by atoms with E-state index >= 15 is 0 Å². The van der Waals surface area contributed by atoms with E-state index in [2.05, 4.69) is 4.74 Å². The summed E-state index contributed by atoms with van der Waals surface area (Å²) in [6.07, 6.45) is 0.753. The van der Waals surface area contributed by atoms with E-state index in [0.717, 1.165) is 4.90 Å². The first-order chi connectivity index (χ1) is 7.52. The molecule has 0 unspecified atom stereocenters. The summed E-state index contributed by atoms with van der Waals surface area (Å²) >= 11 is 0. The molecule has 0 aromatic rings. The van der Waals surface area contributed by atoms with Crippen molar-refractivity contribution in [3.63, 3.8) is 0 Å². The van der Waals surface area contributed by atoms with Crippen LogP contribution in [0.2, 0.25) is 0 Å². The first kappa shape index (κ1) is 12.3. The van der Waals surface area contributed by atoms with Crippen molar-refractivity contribution in [2.45, 2.75) is 0 Å². The van der Waals surface area contributed by atoms with Gasteiger partial charge in [-0.25, -0.2) is 9.18 Å². The standard InChI is InChI=1S/C9H8F3NO3/c10-6(7(11)12)5-16-9(15)8(14)13-3-1-2-4-13/h1-2H,3-5H2. The van der Waals surface area contributed by atoms with Gasteiger partial charge >= 0.3 is 18.0 Å². The molecule has 0 fully saturated rings. The molecule has 0 aliphatic carbocycles. The number of hydrogen-bond acceptors (Lipinski definition) is 3. The van der Waals surface area contributed by atoms with E-state index < -0.39 is 30.4 Å². The van der Waals surface area contributed by atoms with E-state index in [1.165, 1.54) is 0 Å². The van der Waals surface area contributed by atoms with Crippen LogP contribution < -0.4 is 0 Å².